The van der Waals surface area contributed by atoms with Gasteiger partial charge in [-0.15, -0.1) is 0 Å². The van der Waals surface area contributed by atoms with Crippen LogP contribution in [0.1, 0.15) is 33.6 Å². The highest BCUT2D eigenvalue weighted by molar-refractivity contribution is 9.12. The van der Waals surface area contributed by atoms with E-state index in [1.165, 1.54) is 0 Å². The fourth-order valence-corrected chi connectivity index (χ4v) is 5.86. The number of carbonyl (C=O) groups is 1. The topological polar surface area (TPSA) is 71.4 Å². The standard InChI is InChI=1S/C10H15BrO4S/c1-8(2)6-4-5-9(8,3)7(12)10(6,11)16(13,14)15/h6H,4-5H2,1-3H3,(H,13,14,15). The van der Waals surface area contributed by atoms with E-state index in [9.17, 15) is 17.8 Å². The Balaban J connectivity index is 2.70. The molecular formula is C10H15BrO4S. The molecule has 2 fully saturated rings. The lowest BCUT2D eigenvalue weighted by Gasteiger charge is -2.31. The summed E-state index contributed by atoms with van der Waals surface area (Å²) in [6.45, 7) is 5.59. The molecule has 0 spiro atoms. The monoisotopic (exact) mass is 310 g/mol. The van der Waals surface area contributed by atoms with Crippen LogP contribution in [0.2, 0.25) is 0 Å². The van der Waals surface area contributed by atoms with Crippen LogP contribution < -0.4 is 0 Å². The van der Waals surface area contributed by atoms with Crippen molar-refractivity contribution in [3.8, 4) is 0 Å². The molecule has 2 aliphatic carbocycles. The van der Waals surface area contributed by atoms with Crippen LogP contribution in [0.25, 0.3) is 0 Å². The average Bonchev–Trinajstić information content (AvgIpc) is 2.39. The molecule has 0 amide bonds. The van der Waals surface area contributed by atoms with Crippen LogP contribution in [-0.2, 0) is 14.9 Å². The van der Waals surface area contributed by atoms with Crippen LogP contribution >= 0.6 is 15.9 Å². The summed E-state index contributed by atoms with van der Waals surface area (Å²) < 4.78 is 30.5. The van der Waals surface area contributed by atoms with E-state index in [-0.39, 0.29) is 5.92 Å². The predicted molar refractivity (Wildman–Crippen MR) is 62.8 cm³/mol. The first-order chi connectivity index (χ1) is 6.99. The van der Waals surface area contributed by atoms with Gasteiger partial charge in [0.2, 0.25) is 3.66 Å². The minimum atomic E-state index is -4.42. The summed E-state index contributed by atoms with van der Waals surface area (Å²) >= 11 is 3.01. The molecule has 0 aliphatic heterocycles. The number of hydrogen-bond donors (Lipinski definition) is 1. The van der Waals surface area contributed by atoms with Crippen molar-refractivity contribution < 1.29 is 17.8 Å². The van der Waals surface area contributed by atoms with Gasteiger partial charge in [-0.1, -0.05) is 36.7 Å². The molecule has 3 unspecified atom stereocenters. The number of Topliss-reactive ketones (excluding diaryl/α,β-unsaturated/α-hetero) is 1. The zero-order valence-electron chi connectivity index (χ0n) is 9.45. The molecule has 4 nitrogen and oxygen atoms in total. The molecular weight excluding hydrogens is 296 g/mol. The molecule has 0 aromatic rings. The minimum Gasteiger partial charge on any atom is -0.296 e. The van der Waals surface area contributed by atoms with E-state index in [1.807, 2.05) is 13.8 Å². The van der Waals surface area contributed by atoms with Crippen LogP contribution in [0.5, 0.6) is 0 Å². The average molecular weight is 311 g/mol. The Morgan fingerprint density at radius 3 is 2.12 bits per heavy atom. The first kappa shape index (κ1) is 12.5. The second kappa shape index (κ2) is 2.90. The number of halogens is 1. The van der Waals surface area contributed by atoms with Crippen molar-refractivity contribution in [3.63, 3.8) is 0 Å². The summed E-state index contributed by atoms with van der Waals surface area (Å²) in [6.07, 6.45) is 1.33. The lowest BCUT2D eigenvalue weighted by atomic mass is 9.70. The Bertz CT molecular complexity index is 469. The predicted octanol–water partition coefficient (Wildman–Crippen LogP) is 1.99. The molecule has 16 heavy (non-hydrogen) atoms. The SMILES string of the molecule is CC12CCC(C1(C)C)C(Br)(S(=O)(=O)O)C2=O. The fourth-order valence-electron chi connectivity index (χ4n) is 3.39. The maximum Gasteiger partial charge on any atom is 0.288 e. The number of hydrogen-bond acceptors (Lipinski definition) is 3. The highest BCUT2D eigenvalue weighted by atomic mass is 79.9. The summed E-state index contributed by atoms with van der Waals surface area (Å²) in [5.41, 5.74) is -1.08. The van der Waals surface area contributed by atoms with E-state index >= 15 is 0 Å². The number of rotatable bonds is 1. The van der Waals surface area contributed by atoms with Crippen LogP contribution in [0.15, 0.2) is 0 Å². The van der Waals surface area contributed by atoms with Gasteiger partial charge >= 0.3 is 0 Å². The Kier molecular flexibility index (Phi) is 2.27. The van der Waals surface area contributed by atoms with Gasteiger partial charge in [0, 0.05) is 11.3 Å². The second-order valence-corrected chi connectivity index (χ2v) is 8.96. The van der Waals surface area contributed by atoms with Crippen molar-refractivity contribution in [1.82, 2.24) is 0 Å². The summed E-state index contributed by atoms with van der Waals surface area (Å²) in [7, 11) is -4.42. The highest BCUT2D eigenvalue weighted by Crippen LogP contribution is 2.70. The van der Waals surface area contributed by atoms with E-state index in [4.69, 9.17) is 0 Å². The van der Waals surface area contributed by atoms with Crippen molar-refractivity contribution in [2.75, 3.05) is 0 Å². The van der Waals surface area contributed by atoms with Crippen molar-refractivity contribution in [2.45, 2.75) is 37.3 Å². The largest absolute Gasteiger partial charge is 0.296 e. The lowest BCUT2D eigenvalue weighted by Crippen LogP contribution is -2.47. The summed E-state index contributed by atoms with van der Waals surface area (Å²) in [6, 6.07) is 0. The molecule has 3 atom stereocenters. The highest BCUT2D eigenvalue weighted by Gasteiger charge is 2.76. The third-order valence-electron chi connectivity index (χ3n) is 4.86. The summed E-state index contributed by atoms with van der Waals surface area (Å²) in [5.74, 6) is -0.767. The van der Waals surface area contributed by atoms with Gasteiger partial charge in [0.25, 0.3) is 10.1 Å². The third-order valence-corrected chi connectivity index (χ3v) is 8.22. The van der Waals surface area contributed by atoms with Gasteiger partial charge in [-0.05, 0) is 18.3 Å². The maximum absolute atomic E-state index is 12.3. The molecule has 2 rings (SSSR count). The summed E-state index contributed by atoms with van der Waals surface area (Å²) in [5, 5.41) is 0. The van der Waals surface area contributed by atoms with Gasteiger partial charge in [-0.2, -0.15) is 8.42 Å². The smallest absolute Gasteiger partial charge is 0.288 e. The Hall–Kier alpha value is 0.0600. The van der Waals surface area contributed by atoms with Crippen molar-refractivity contribution in [1.29, 1.82) is 0 Å². The van der Waals surface area contributed by atoms with E-state index in [2.05, 4.69) is 15.9 Å². The van der Waals surface area contributed by atoms with Crippen LogP contribution in [0, 0.1) is 16.7 Å². The van der Waals surface area contributed by atoms with Crippen LogP contribution in [-0.4, -0.2) is 22.4 Å². The molecule has 0 heterocycles. The number of fused-ring (bicyclic) bond motifs is 2. The third kappa shape index (κ3) is 1.04. The van der Waals surface area contributed by atoms with Gasteiger partial charge in [0.05, 0.1) is 0 Å². The van der Waals surface area contributed by atoms with Crippen molar-refractivity contribution in [2.24, 2.45) is 16.7 Å². The Morgan fingerprint density at radius 1 is 1.38 bits per heavy atom. The Morgan fingerprint density at radius 2 is 1.88 bits per heavy atom. The molecule has 1 N–H and O–H groups in total. The lowest BCUT2D eigenvalue weighted by molar-refractivity contribution is -0.128. The van der Waals surface area contributed by atoms with Gasteiger partial charge in [0.1, 0.15) is 0 Å². The molecule has 92 valence electrons. The zero-order chi connectivity index (χ0) is 12.6. The first-order valence-corrected chi connectivity index (χ1v) is 7.44. The number of carbonyl (C=O) groups excluding carboxylic acids is 1. The van der Waals surface area contributed by atoms with Gasteiger partial charge in [-0.3, -0.25) is 9.35 Å². The van der Waals surface area contributed by atoms with Crippen molar-refractivity contribution in [3.05, 3.63) is 0 Å². The molecule has 0 radical (unpaired) electrons. The number of alkyl halides is 1. The Labute approximate surface area is 104 Å². The van der Waals surface area contributed by atoms with Gasteiger partial charge < -0.3 is 0 Å². The zero-order valence-corrected chi connectivity index (χ0v) is 11.9. The molecule has 0 aromatic carbocycles. The van der Waals surface area contributed by atoms with Gasteiger partial charge in [0.15, 0.2) is 5.78 Å². The van der Waals surface area contributed by atoms with E-state index < -0.39 is 30.4 Å². The first-order valence-electron chi connectivity index (χ1n) is 5.20. The molecule has 0 saturated heterocycles. The maximum atomic E-state index is 12.3. The minimum absolute atomic E-state index is 0.368. The van der Waals surface area contributed by atoms with Crippen LogP contribution in [0.3, 0.4) is 0 Å². The normalized spacial score (nSPS) is 46.3. The van der Waals surface area contributed by atoms with E-state index in [1.54, 1.807) is 6.92 Å². The fraction of sp³-hybridized carbons (Fsp3) is 0.900. The van der Waals surface area contributed by atoms with Gasteiger partial charge in [-0.25, -0.2) is 0 Å². The van der Waals surface area contributed by atoms with Crippen molar-refractivity contribution >= 4 is 31.8 Å². The number of ketones is 1. The van der Waals surface area contributed by atoms with E-state index in [0.29, 0.717) is 12.8 Å². The van der Waals surface area contributed by atoms with E-state index in [0.717, 1.165) is 0 Å². The molecule has 2 aliphatic rings. The second-order valence-electron chi connectivity index (χ2n) is 5.59. The summed E-state index contributed by atoms with van der Waals surface area (Å²) in [4.78, 5) is 12.3. The van der Waals surface area contributed by atoms with Crippen LogP contribution in [0.4, 0.5) is 0 Å². The molecule has 2 bridgehead atoms. The molecule has 0 aromatic heterocycles. The quantitative estimate of drug-likeness (QED) is 0.594. The molecule has 2 saturated carbocycles. The molecule has 6 heteroatoms.